The Morgan fingerprint density at radius 2 is 2.21 bits per heavy atom. The molecule has 1 aliphatic rings. The molecule has 7 heteroatoms. The number of rotatable bonds is 4. The summed E-state index contributed by atoms with van der Waals surface area (Å²) in [5.74, 6) is 0.361. The number of pyridine rings is 1. The molecule has 1 aromatic rings. The van der Waals surface area contributed by atoms with Crippen LogP contribution in [0.25, 0.3) is 0 Å². The van der Waals surface area contributed by atoms with Crippen LogP contribution in [0, 0.1) is 17.0 Å². The van der Waals surface area contributed by atoms with Gasteiger partial charge in [-0.05, 0) is 35.7 Å². The van der Waals surface area contributed by atoms with Crippen LogP contribution in [0.2, 0.25) is 0 Å². The standard InChI is InChI=1S/C12H16BrN3O3/c1-8-9(16(17)18)6-15-11(10(8)13)19-7-12(14)4-2-3-5-12/h6H,2-5,7,14H2,1H3. The molecule has 0 aliphatic heterocycles. The molecule has 1 aromatic heterocycles. The highest BCUT2D eigenvalue weighted by Crippen LogP contribution is 2.33. The van der Waals surface area contributed by atoms with E-state index in [1.54, 1.807) is 6.92 Å². The third-order valence-electron chi connectivity index (χ3n) is 3.50. The Bertz CT molecular complexity index is 501. The van der Waals surface area contributed by atoms with E-state index in [1.165, 1.54) is 6.20 Å². The van der Waals surface area contributed by atoms with E-state index in [0.29, 0.717) is 22.5 Å². The van der Waals surface area contributed by atoms with Gasteiger partial charge in [-0.1, -0.05) is 12.8 Å². The van der Waals surface area contributed by atoms with E-state index < -0.39 is 4.92 Å². The summed E-state index contributed by atoms with van der Waals surface area (Å²) in [7, 11) is 0. The lowest BCUT2D eigenvalue weighted by atomic mass is 10.0. The molecule has 0 atom stereocenters. The van der Waals surface area contributed by atoms with E-state index in [9.17, 15) is 10.1 Å². The van der Waals surface area contributed by atoms with Crippen LogP contribution in [0.4, 0.5) is 5.69 Å². The first-order valence-corrected chi connectivity index (χ1v) is 6.93. The maximum Gasteiger partial charge on any atom is 0.291 e. The number of nitrogens with zero attached hydrogens (tertiary/aromatic N) is 2. The fraction of sp³-hybridized carbons (Fsp3) is 0.583. The van der Waals surface area contributed by atoms with Gasteiger partial charge in [0.1, 0.15) is 12.8 Å². The Morgan fingerprint density at radius 1 is 1.58 bits per heavy atom. The highest BCUT2D eigenvalue weighted by atomic mass is 79.9. The lowest BCUT2D eigenvalue weighted by Gasteiger charge is -2.23. The van der Waals surface area contributed by atoms with Crippen molar-refractivity contribution in [1.29, 1.82) is 0 Å². The molecule has 1 heterocycles. The summed E-state index contributed by atoms with van der Waals surface area (Å²) in [5, 5.41) is 10.8. The second-order valence-electron chi connectivity index (χ2n) is 5.00. The first kappa shape index (κ1) is 14.2. The van der Waals surface area contributed by atoms with Crippen LogP contribution in [-0.4, -0.2) is 22.1 Å². The van der Waals surface area contributed by atoms with Gasteiger partial charge in [0, 0.05) is 5.56 Å². The SMILES string of the molecule is Cc1c([N+](=O)[O-])cnc(OCC2(N)CCCC2)c1Br. The number of aromatic nitrogens is 1. The number of halogens is 1. The Labute approximate surface area is 119 Å². The fourth-order valence-corrected chi connectivity index (χ4v) is 2.69. The minimum atomic E-state index is -0.460. The molecule has 19 heavy (non-hydrogen) atoms. The van der Waals surface area contributed by atoms with Crippen LogP contribution >= 0.6 is 15.9 Å². The topological polar surface area (TPSA) is 91.3 Å². The smallest absolute Gasteiger partial charge is 0.291 e. The second kappa shape index (κ2) is 5.42. The van der Waals surface area contributed by atoms with Crippen LogP contribution in [0.1, 0.15) is 31.2 Å². The van der Waals surface area contributed by atoms with E-state index >= 15 is 0 Å². The van der Waals surface area contributed by atoms with E-state index in [0.717, 1.165) is 25.7 Å². The van der Waals surface area contributed by atoms with Gasteiger partial charge in [-0.3, -0.25) is 10.1 Å². The van der Waals surface area contributed by atoms with E-state index in [2.05, 4.69) is 20.9 Å². The summed E-state index contributed by atoms with van der Waals surface area (Å²) in [4.78, 5) is 14.3. The maximum atomic E-state index is 10.8. The van der Waals surface area contributed by atoms with Crippen LogP contribution in [0.15, 0.2) is 10.7 Å². The Balaban J connectivity index is 2.13. The summed E-state index contributed by atoms with van der Waals surface area (Å²) in [6.07, 6.45) is 5.34. The third kappa shape index (κ3) is 3.03. The molecular weight excluding hydrogens is 314 g/mol. The zero-order chi connectivity index (χ0) is 14.0. The molecule has 2 rings (SSSR count). The first-order valence-electron chi connectivity index (χ1n) is 6.14. The monoisotopic (exact) mass is 329 g/mol. The lowest BCUT2D eigenvalue weighted by molar-refractivity contribution is -0.385. The molecule has 6 nitrogen and oxygen atoms in total. The molecular formula is C12H16BrN3O3. The van der Waals surface area contributed by atoms with Gasteiger partial charge in [0.2, 0.25) is 5.88 Å². The van der Waals surface area contributed by atoms with Crippen LogP contribution in [-0.2, 0) is 0 Å². The second-order valence-corrected chi connectivity index (χ2v) is 5.80. The van der Waals surface area contributed by atoms with E-state index in [4.69, 9.17) is 10.5 Å². The van der Waals surface area contributed by atoms with Gasteiger partial charge in [0.05, 0.1) is 14.9 Å². The molecule has 0 radical (unpaired) electrons. The average Bonchev–Trinajstić information content (AvgIpc) is 2.78. The highest BCUT2D eigenvalue weighted by molar-refractivity contribution is 9.10. The molecule has 0 aromatic carbocycles. The Hall–Kier alpha value is -1.21. The quantitative estimate of drug-likeness (QED) is 0.677. The lowest BCUT2D eigenvalue weighted by Crippen LogP contribution is -2.42. The molecule has 0 spiro atoms. The third-order valence-corrected chi connectivity index (χ3v) is 4.43. The van der Waals surface area contributed by atoms with Crippen molar-refractivity contribution in [2.24, 2.45) is 5.73 Å². The predicted octanol–water partition coefficient (Wildman–Crippen LogP) is 2.71. The van der Waals surface area contributed by atoms with Crippen molar-refractivity contribution in [2.75, 3.05) is 6.61 Å². The largest absolute Gasteiger partial charge is 0.475 e. The van der Waals surface area contributed by atoms with Crippen molar-refractivity contribution in [3.63, 3.8) is 0 Å². The number of hydrogen-bond donors (Lipinski definition) is 1. The molecule has 104 valence electrons. The van der Waals surface area contributed by atoms with Gasteiger partial charge in [0.15, 0.2) is 0 Å². The van der Waals surface area contributed by atoms with Crippen LogP contribution in [0.5, 0.6) is 5.88 Å². The van der Waals surface area contributed by atoms with Crippen molar-refractivity contribution in [2.45, 2.75) is 38.1 Å². The first-order chi connectivity index (χ1) is 8.93. The van der Waals surface area contributed by atoms with Crippen molar-refractivity contribution in [3.05, 3.63) is 26.3 Å². The molecule has 0 saturated heterocycles. The molecule has 0 bridgehead atoms. The number of nitro groups is 1. The minimum Gasteiger partial charge on any atom is -0.475 e. The zero-order valence-electron chi connectivity index (χ0n) is 10.7. The Morgan fingerprint density at radius 3 is 2.79 bits per heavy atom. The molecule has 2 N–H and O–H groups in total. The minimum absolute atomic E-state index is 0.0254. The van der Waals surface area contributed by atoms with Gasteiger partial charge < -0.3 is 10.5 Å². The molecule has 0 unspecified atom stereocenters. The van der Waals surface area contributed by atoms with Crippen molar-refractivity contribution >= 4 is 21.6 Å². The molecule has 0 amide bonds. The summed E-state index contributed by atoms with van der Waals surface area (Å²) >= 11 is 3.29. The van der Waals surface area contributed by atoms with Crippen LogP contribution < -0.4 is 10.5 Å². The number of ether oxygens (including phenoxy) is 1. The normalized spacial score (nSPS) is 17.4. The van der Waals surface area contributed by atoms with Gasteiger partial charge in [-0.25, -0.2) is 4.98 Å². The molecule has 1 saturated carbocycles. The van der Waals surface area contributed by atoms with Crippen LogP contribution in [0.3, 0.4) is 0 Å². The summed E-state index contributed by atoms with van der Waals surface area (Å²) < 4.78 is 6.15. The maximum absolute atomic E-state index is 10.8. The fourth-order valence-electron chi connectivity index (χ4n) is 2.27. The molecule has 1 aliphatic carbocycles. The van der Waals surface area contributed by atoms with Gasteiger partial charge >= 0.3 is 0 Å². The summed E-state index contributed by atoms with van der Waals surface area (Å²) in [6, 6.07) is 0. The average molecular weight is 330 g/mol. The number of hydrogen-bond acceptors (Lipinski definition) is 5. The van der Waals surface area contributed by atoms with Crippen molar-refractivity contribution in [3.8, 4) is 5.88 Å². The zero-order valence-corrected chi connectivity index (χ0v) is 12.3. The Kier molecular flexibility index (Phi) is 4.05. The van der Waals surface area contributed by atoms with E-state index in [1.807, 2.05) is 0 Å². The van der Waals surface area contributed by atoms with Gasteiger partial charge in [0.25, 0.3) is 5.69 Å². The summed E-state index contributed by atoms with van der Waals surface area (Å²) in [6.45, 7) is 2.04. The summed E-state index contributed by atoms with van der Waals surface area (Å²) in [5.41, 5.74) is 6.38. The van der Waals surface area contributed by atoms with Gasteiger partial charge in [-0.15, -0.1) is 0 Å². The van der Waals surface area contributed by atoms with Crippen molar-refractivity contribution in [1.82, 2.24) is 4.98 Å². The van der Waals surface area contributed by atoms with Gasteiger partial charge in [-0.2, -0.15) is 0 Å². The number of nitrogens with two attached hydrogens (primary N) is 1. The van der Waals surface area contributed by atoms with E-state index in [-0.39, 0.29) is 11.2 Å². The highest BCUT2D eigenvalue weighted by Gasteiger charge is 2.30. The van der Waals surface area contributed by atoms with Crippen molar-refractivity contribution < 1.29 is 9.66 Å². The molecule has 1 fully saturated rings. The predicted molar refractivity (Wildman–Crippen MR) is 74.2 cm³/mol.